The number of benzene rings is 1. The molecule has 2 N–H and O–H groups in total. The van der Waals surface area contributed by atoms with Crippen LogP contribution in [-0.4, -0.2) is 55.6 Å². The van der Waals surface area contributed by atoms with E-state index in [1.807, 2.05) is 12.1 Å². The molecule has 6 nitrogen and oxygen atoms in total. The van der Waals surface area contributed by atoms with Gasteiger partial charge in [-0.3, -0.25) is 4.79 Å². The van der Waals surface area contributed by atoms with E-state index in [1.54, 1.807) is 6.20 Å². The van der Waals surface area contributed by atoms with Crippen LogP contribution >= 0.6 is 0 Å². The molecular weight excluding hydrogens is 383 g/mol. The Morgan fingerprint density at radius 2 is 1.90 bits per heavy atom. The van der Waals surface area contributed by atoms with Crippen LogP contribution in [0.4, 0.5) is 24.7 Å². The van der Waals surface area contributed by atoms with Gasteiger partial charge >= 0.3 is 6.18 Å². The molecule has 1 aliphatic rings. The van der Waals surface area contributed by atoms with Gasteiger partial charge in [0.05, 0.1) is 12.1 Å². The molecule has 0 unspecified atom stereocenters. The minimum Gasteiger partial charge on any atom is -0.376 e. The quantitative estimate of drug-likeness (QED) is 0.771. The smallest absolute Gasteiger partial charge is 0.376 e. The van der Waals surface area contributed by atoms with Gasteiger partial charge in [-0.2, -0.15) is 13.2 Å². The van der Waals surface area contributed by atoms with Crippen LogP contribution in [0.25, 0.3) is 0 Å². The van der Waals surface area contributed by atoms with Gasteiger partial charge in [-0.15, -0.1) is 0 Å². The van der Waals surface area contributed by atoms with Crippen LogP contribution < -0.4 is 15.5 Å². The van der Waals surface area contributed by atoms with Gasteiger partial charge in [0, 0.05) is 44.6 Å². The number of carbonyl (C=O) groups is 1. The number of nitrogens with zero attached hydrogens (tertiary/aromatic N) is 3. The van der Waals surface area contributed by atoms with E-state index in [1.165, 1.54) is 12.1 Å². The third-order valence-electron chi connectivity index (χ3n) is 4.77. The van der Waals surface area contributed by atoms with E-state index in [0.29, 0.717) is 6.54 Å². The van der Waals surface area contributed by atoms with Crippen LogP contribution in [0.5, 0.6) is 0 Å². The van der Waals surface area contributed by atoms with E-state index in [0.717, 1.165) is 49.7 Å². The number of aromatic nitrogens is 1. The number of carbonyl (C=O) groups excluding carboxylic acids is 1. The molecule has 1 aromatic carbocycles. The Kier molecular flexibility index (Phi) is 6.58. The summed E-state index contributed by atoms with van der Waals surface area (Å²) in [7, 11) is 2.10. The molecule has 9 heteroatoms. The molecule has 0 bridgehead atoms. The summed E-state index contributed by atoms with van der Waals surface area (Å²) in [5.41, 5.74) is 0.345. The van der Waals surface area contributed by atoms with Crippen molar-refractivity contribution in [2.24, 2.45) is 0 Å². The Morgan fingerprint density at radius 3 is 2.55 bits per heavy atom. The van der Waals surface area contributed by atoms with Crippen molar-refractivity contribution in [1.82, 2.24) is 15.2 Å². The van der Waals surface area contributed by atoms with Crippen molar-refractivity contribution in [2.75, 3.05) is 50.0 Å². The Hall–Kier alpha value is -2.81. The van der Waals surface area contributed by atoms with Crippen LogP contribution in [-0.2, 0) is 17.5 Å². The number of likely N-dealkylation sites (N-methyl/N-ethyl adjacent to an activating group) is 1. The largest absolute Gasteiger partial charge is 0.416 e. The summed E-state index contributed by atoms with van der Waals surface area (Å²) >= 11 is 0. The summed E-state index contributed by atoms with van der Waals surface area (Å²) in [4.78, 5) is 20.9. The molecule has 2 aromatic rings. The Bertz CT molecular complexity index is 818. The second kappa shape index (κ2) is 9.13. The highest BCUT2D eigenvalue weighted by Gasteiger charge is 2.30. The average Bonchev–Trinajstić information content (AvgIpc) is 2.71. The maximum absolute atomic E-state index is 12.7. The molecule has 2 heterocycles. The number of alkyl halides is 3. The zero-order chi connectivity index (χ0) is 20.9. The van der Waals surface area contributed by atoms with Crippen molar-refractivity contribution in [3.8, 4) is 0 Å². The van der Waals surface area contributed by atoms with E-state index >= 15 is 0 Å². The molecule has 1 fully saturated rings. The van der Waals surface area contributed by atoms with Crippen LogP contribution in [0.2, 0.25) is 0 Å². The number of halogens is 3. The SMILES string of the molecule is CN1CCN(c2ccc(CNC(=O)CNc3cccc(C(F)(F)F)c3)cn2)CC1. The molecular formula is C20H24F3N5O. The van der Waals surface area contributed by atoms with Crippen molar-refractivity contribution < 1.29 is 18.0 Å². The standard InChI is InChI=1S/C20H24F3N5O/c1-27-7-9-28(10-8-27)18-6-5-15(12-25-18)13-26-19(29)14-24-17-4-2-3-16(11-17)20(21,22)23/h2-6,11-12,24H,7-10,13-14H2,1H3,(H,26,29). The first-order valence-corrected chi connectivity index (χ1v) is 9.37. The third kappa shape index (κ3) is 6.08. The molecule has 156 valence electrons. The summed E-state index contributed by atoms with van der Waals surface area (Å²) in [6, 6.07) is 8.62. The van der Waals surface area contributed by atoms with Crippen LogP contribution in [0.15, 0.2) is 42.6 Å². The minimum absolute atomic E-state index is 0.117. The van der Waals surface area contributed by atoms with E-state index in [2.05, 4.69) is 32.5 Å². The van der Waals surface area contributed by atoms with Crippen molar-refractivity contribution in [1.29, 1.82) is 0 Å². The zero-order valence-corrected chi connectivity index (χ0v) is 16.2. The van der Waals surface area contributed by atoms with Gasteiger partial charge < -0.3 is 20.4 Å². The lowest BCUT2D eigenvalue weighted by Gasteiger charge is -2.33. The second-order valence-electron chi connectivity index (χ2n) is 7.02. The normalized spacial score (nSPS) is 15.2. The van der Waals surface area contributed by atoms with Gasteiger partial charge in [0.25, 0.3) is 0 Å². The minimum atomic E-state index is -4.41. The first-order valence-electron chi connectivity index (χ1n) is 9.37. The third-order valence-corrected chi connectivity index (χ3v) is 4.77. The summed E-state index contributed by atoms with van der Waals surface area (Å²) in [5.74, 6) is 0.602. The predicted molar refractivity (Wildman–Crippen MR) is 106 cm³/mol. The van der Waals surface area contributed by atoms with Crippen molar-refractivity contribution >= 4 is 17.4 Å². The number of pyridine rings is 1. The molecule has 0 spiro atoms. The Morgan fingerprint density at radius 1 is 1.14 bits per heavy atom. The molecule has 1 saturated heterocycles. The number of amides is 1. The van der Waals surface area contributed by atoms with E-state index in [4.69, 9.17) is 0 Å². The fourth-order valence-electron chi connectivity index (χ4n) is 2.99. The number of hydrogen-bond acceptors (Lipinski definition) is 5. The Balaban J connectivity index is 1.45. The number of hydrogen-bond donors (Lipinski definition) is 2. The van der Waals surface area contributed by atoms with Gasteiger partial charge in [0.1, 0.15) is 5.82 Å². The molecule has 29 heavy (non-hydrogen) atoms. The molecule has 0 aliphatic carbocycles. The van der Waals surface area contributed by atoms with Crippen LogP contribution in [0.3, 0.4) is 0 Å². The van der Waals surface area contributed by atoms with Gasteiger partial charge in [-0.25, -0.2) is 4.98 Å². The molecule has 3 rings (SSSR count). The highest BCUT2D eigenvalue weighted by molar-refractivity contribution is 5.80. The lowest BCUT2D eigenvalue weighted by molar-refractivity contribution is -0.137. The van der Waals surface area contributed by atoms with Crippen molar-refractivity contribution in [3.05, 3.63) is 53.7 Å². The van der Waals surface area contributed by atoms with Crippen molar-refractivity contribution in [3.63, 3.8) is 0 Å². The Labute approximate surface area is 167 Å². The first kappa shape index (κ1) is 20.9. The van der Waals surface area contributed by atoms with E-state index in [-0.39, 0.29) is 18.1 Å². The predicted octanol–water partition coefficient (Wildman–Crippen LogP) is 2.58. The summed E-state index contributed by atoms with van der Waals surface area (Å²) in [5, 5.41) is 5.45. The van der Waals surface area contributed by atoms with Gasteiger partial charge in [0.15, 0.2) is 0 Å². The molecule has 0 atom stereocenters. The second-order valence-corrected chi connectivity index (χ2v) is 7.02. The number of anilines is 2. The van der Waals surface area contributed by atoms with Crippen LogP contribution in [0.1, 0.15) is 11.1 Å². The average molecular weight is 407 g/mol. The van der Waals surface area contributed by atoms with E-state index < -0.39 is 11.7 Å². The number of piperazine rings is 1. The lowest BCUT2D eigenvalue weighted by atomic mass is 10.2. The summed E-state index contributed by atoms with van der Waals surface area (Å²) in [6.07, 6.45) is -2.68. The topological polar surface area (TPSA) is 60.5 Å². The zero-order valence-electron chi connectivity index (χ0n) is 16.2. The van der Waals surface area contributed by atoms with Crippen LogP contribution in [0, 0.1) is 0 Å². The first-order chi connectivity index (χ1) is 13.8. The van der Waals surface area contributed by atoms with Gasteiger partial charge in [-0.1, -0.05) is 12.1 Å². The maximum Gasteiger partial charge on any atom is 0.416 e. The molecule has 1 aliphatic heterocycles. The number of rotatable bonds is 6. The molecule has 0 radical (unpaired) electrons. The fraction of sp³-hybridized carbons (Fsp3) is 0.400. The maximum atomic E-state index is 12.7. The van der Waals surface area contributed by atoms with Gasteiger partial charge in [0.2, 0.25) is 5.91 Å². The highest BCUT2D eigenvalue weighted by atomic mass is 19.4. The summed E-state index contributed by atoms with van der Waals surface area (Å²) < 4.78 is 38.2. The van der Waals surface area contributed by atoms with Crippen molar-refractivity contribution in [2.45, 2.75) is 12.7 Å². The monoisotopic (exact) mass is 407 g/mol. The molecule has 1 aromatic heterocycles. The molecule has 1 amide bonds. The summed E-state index contributed by atoms with van der Waals surface area (Å²) in [6.45, 7) is 4.05. The van der Waals surface area contributed by atoms with E-state index in [9.17, 15) is 18.0 Å². The lowest BCUT2D eigenvalue weighted by Crippen LogP contribution is -2.44. The van der Waals surface area contributed by atoms with Gasteiger partial charge in [-0.05, 0) is 36.9 Å². The fourth-order valence-corrected chi connectivity index (χ4v) is 2.99. The highest BCUT2D eigenvalue weighted by Crippen LogP contribution is 2.30. The molecule has 0 saturated carbocycles. The number of nitrogens with one attached hydrogen (secondary N) is 2.